The van der Waals surface area contributed by atoms with Gasteiger partial charge in [-0.25, -0.2) is 8.42 Å². The van der Waals surface area contributed by atoms with Crippen LogP contribution in [0.2, 0.25) is 0 Å². The van der Waals surface area contributed by atoms with Crippen molar-refractivity contribution in [3.05, 3.63) is 59.7 Å². The van der Waals surface area contributed by atoms with E-state index in [0.29, 0.717) is 16.9 Å². The Morgan fingerprint density at radius 1 is 1.00 bits per heavy atom. The molecule has 2 aromatic carbocycles. The summed E-state index contributed by atoms with van der Waals surface area (Å²) in [4.78, 5) is 23.6. The molecule has 0 amide bonds. The molecule has 0 aliphatic carbocycles. The number of ether oxygens (including phenoxy) is 1. The average Bonchev–Trinajstić information content (AvgIpc) is 2.48. The van der Waals surface area contributed by atoms with Crippen LogP contribution in [0.4, 0.5) is 0 Å². The Balaban J connectivity index is 2.21. The van der Waals surface area contributed by atoms with E-state index in [-0.39, 0.29) is 17.1 Å². The smallest absolute Gasteiger partial charge is 0.308 e. The molecule has 23 heavy (non-hydrogen) atoms. The monoisotopic (exact) mass is 332 g/mol. The summed E-state index contributed by atoms with van der Waals surface area (Å²) in [7, 11) is -3.29. The molecule has 0 aromatic heterocycles. The number of hydrogen-bond donors (Lipinski definition) is 0. The van der Waals surface area contributed by atoms with Crippen molar-refractivity contribution < 1.29 is 22.7 Å². The standard InChI is InChI=1S/C17H16O5S/c1-12(18)22-17-6-4-3-5-14(17)11-16(19)13-7-9-15(10-8-13)23(2,20)21/h3-10H,11H2,1-2H3. The summed E-state index contributed by atoms with van der Waals surface area (Å²) >= 11 is 0. The molecule has 2 aromatic rings. The number of para-hydroxylation sites is 1. The van der Waals surface area contributed by atoms with Gasteiger partial charge >= 0.3 is 5.97 Å². The second-order valence-corrected chi connectivity index (χ2v) is 7.11. The summed E-state index contributed by atoms with van der Waals surface area (Å²) in [6.07, 6.45) is 1.17. The number of carbonyl (C=O) groups excluding carboxylic acids is 2. The predicted octanol–water partition coefficient (Wildman–Crippen LogP) is 2.44. The lowest BCUT2D eigenvalue weighted by Gasteiger charge is -2.08. The Labute approximate surface area is 134 Å². The molecule has 0 radical (unpaired) electrons. The largest absolute Gasteiger partial charge is 0.426 e. The number of benzene rings is 2. The van der Waals surface area contributed by atoms with E-state index in [4.69, 9.17) is 4.74 Å². The van der Waals surface area contributed by atoms with Gasteiger partial charge < -0.3 is 4.74 Å². The fourth-order valence-electron chi connectivity index (χ4n) is 2.07. The van der Waals surface area contributed by atoms with Crippen LogP contribution in [0.25, 0.3) is 0 Å². The van der Waals surface area contributed by atoms with Crippen LogP contribution in [0.5, 0.6) is 5.75 Å². The highest BCUT2D eigenvalue weighted by atomic mass is 32.2. The first-order valence-corrected chi connectivity index (χ1v) is 8.76. The first-order chi connectivity index (χ1) is 10.8. The first kappa shape index (κ1) is 16.9. The Hall–Kier alpha value is -2.47. The van der Waals surface area contributed by atoms with Crippen LogP contribution in [-0.4, -0.2) is 26.4 Å². The molecule has 0 aliphatic heterocycles. The molecular weight excluding hydrogens is 316 g/mol. The maximum atomic E-state index is 12.3. The van der Waals surface area contributed by atoms with Gasteiger partial charge in [-0.15, -0.1) is 0 Å². The number of esters is 1. The van der Waals surface area contributed by atoms with E-state index in [1.807, 2.05) is 0 Å². The van der Waals surface area contributed by atoms with Gasteiger partial charge in [-0.1, -0.05) is 30.3 Å². The van der Waals surface area contributed by atoms with E-state index < -0.39 is 15.8 Å². The molecule has 0 heterocycles. The Morgan fingerprint density at radius 3 is 2.17 bits per heavy atom. The van der Waals surface area contributed by atoms with Crippen LogP contribution in [0.1, 0.15) is 22.8 Å². The van der Waals surface area contributed by atoms with E-state index in [0.717, 1.165) is 6.26 Å². The van der Waals surface area contributed by atoms with E-state index >= 15 is 0 Å². The van der Waals surface area contributed by atoms with Crippen LogP contribution < -0.4 is 4.74 Å². The molecule has 0 saturated heterocycles. The fraction of sp³-hybridized carbons (Fsp3) is 0.176. The molecule has 0 bridgehead atoms. The van der Waals surface area contributed by atoms with Crippen LogP contribution in [0, 0.1) is 0 Å². The minimum atomic E-state index is -3.29. The number of sulfone groups is 1. The van der Waals surface area contributed by atoms with Crippen molar-refractivity contribution in [2.24, 2.45) is 0 Å². The quantitative estimate of drug-likeness (QED) is 0.477. The molecule has 120 valence electrons. The fourth-order valence-corrected chi connectivity index (χ4v) is 2.70. The van der Waals surface area contributed by atoms with Gasteiger partial charge in [0.25, 0.3) is 0 Å². The molecule has 2 rings (SSSR count). The second kappa shape index (κ2) is 6.75. The summed E-state index contributed by atoms with van der Waals surface area (Å²) in [6, 6.07) is 12.6. The molecule has 0 N–H and O–H groups in total. The zero-order valence-corrected chi connectivity index (χ0v) is 13.6. The number of carbonyl (C=O) groups is 2. The SMILES string of the molecule is CC(=O)Oc1ccccc1CC(=O)c1ccc(S(C)(=O)=O)cc1. The summed E-state index contributed by atoms with van der Waals surface area (Å²) < 4.78 is 27.9. The molecule has 0 aliphatic rings. The highest BCUT2D eigenvalue weighted by Gasteiger charge is 2.13. The van der Waals surface area contributed by atoms with Gasteiger partial charge in [0, 0.05) is 30.7 Å². The van der Waals surface area contributed by atoms with Crippen LogP contribution in [0.3, 0.4) is 0 Å². The molecule has 0 saturated carbocycles. The Morgan fingerprint density at radius 2 is 1.61 bits per heavy atom. The van der Waals surface area contributed by atoms with Gasteiger partial charge in [0.1, 0.15) is 5.75 Å². The van der Waals surface area contributed by atoms with Crippen molar-refractivity contribution >= 4 is 21.6 Å². The predicted molar refractivity (Wildman–Crippen MR) is 85.3 cm³/mol. The van der Waals surface area contributed by atoms with E-state index in [1.165, 1.54) is 31.2 Å². The van der Waals surface area contributed by atoms with Gasteiger partial charge in [-0.05, 0) is 18.2 Å². The average molecular weight is 332 g/mol. The third kappa shape index (κ3) is 4.50. The van der Waals surface area contributed by atoms with E-state index in [2.05, 4.69) is 0 Å². The summed E-state index contributed by atoms with van der Waals surface area (Å²) in [5, 5.41) is 0. The van der Waals surface area contributed by atoms with Crippen molar-refractivity contribution in [3.8, 4) is 5.75 Å². The van der Waals surface area contributed by atoms with Crippen molar-refractivity contribution in [2.45, 2.75) is 18.2 Å². The van der Waals surface area contributed by atoms with Crippen LogP contribution >= 0.6 is 0 Å². The maximum absolute atomic E-state index is 12.3. The molecule has 0 fully saturated rings. The molecule has 6 heteroatoms. The lowest BCUT2D eigenvalue weighted by atomic mass is 10.0. The lowest BCUT2D eigenvalue weighted by molar-refractivity contribution is -0.131. The molecule has 0 atom stereocenters. The Bertz CT molecular complexity index is 836. The molecular formula is C17H16O5S. The van der Waals surface area contributed by atoms with E-state index in [1.54, 1.807) is 24.3 Å². The Kier molecular flexibility index (Phi) is 4.95. The molecule has 0 unspecified atom stereocenters. The second-order valence-electron chi connectivity index (χ2n) is 5.10. The third-order valence-electron chi connectivity index (χ3n) is 3.18. The highest BCUT2D eigenvalue weighted by molar-refractivity contribution is 7.90. The summed E-state index contributed by atoms with van der Waals surface area (Å²) in [5.41, 5.74) is 0.995. The van der Waals surface area contributed by atoms with Crippen molar-refractivity contribution in [1.82, 2.24) is 0 Å². The lowest BCUT2D eigenvalue weighted by Crippen LogP contribution is -2.08. The number of ketones is 1. The van der Waals surface area contributed by atoms with Gasteiger partial charge in [-0.2, -0.15) is 0 Å². The van der Waals surface area contributed by atoms with Gasteiger partial charge in [0.05, 0.1) is 4.90 Å². The van der Waals surface area contributed by atoms with Crippen molar-refractivity contribution in [1.29, 1.82) is 0 Å². The minimum absolute atomic E-state index is 0.0572. The zero-order chi connectivity index (χ0) is 17.0. The maximum Gasteiger partial charge on any atom is 0.308 e. The summed E-state index contributed by atoms with van der Waals surface area (Å²) in [6.45, 7) is 1.29. The van der Waals surface area contributed by atoms with Gasteiger partial charge in [0.2, 0.25) is 0 Å². The summed E-state index contributed by atoms with van der Waals surface area (Å²) in [5.74, 6) is -0.298. The zero-order valence-electron chi connectivity index (χ0n) is 12.8. The minimum Gasteiger partial charge on any atom is -0.426 e. The number of hydrogen-bond acceptors (Lipinski definition) is 5. The third-order valence-corrected chi connectivity index (χ3v) is 4.31. The van der Waals surface area contributed by atoms with Crippen LogP contribution in [0.15, 0.2) is 53.4 Å². The number of Topliss-reactive ketones (excluding diaryl/α,β-unsaturated/α-hetero) is 1. The highest BCUT2D eigenvalue weighted by Crippen LogP contribution is 2.21. The van der Waals surface area contributed by atoms with Crippen molar-refractivity contribution in [2.75, 3.05) is 6.26 Å². The van der Waals surface area contributed by atoms with Crippen LogP contribution in [-0.2, 0) is 21.1 Å². The van der Waals surface area contributed by atoms with Gasteiger partial charge in [-0.3, -0.25) is 9.59 Å². The number of rotatable bonds is 5. The molecule has 0 spiro atoms. The normalized spacial score (nSPS) is 11.0. The topological polar surface area (TPSA) is 77.5 Å². The molecule has 5 nitrogen and oxygen atoms in total. The first-order valence-electron chi connectivity index (χ1n) is 6.87. The van der Waals surface area contributed by atoms with Gasteiger partial charge in [0.15, 0.2) is 15.6 Å². The van der Waals surface area contributed by atoms with Crippen molar-refractivity contribution in [3.63, 3.8) is 0 Å². The van der Waals surface area contributed by atoms with E-state index in [9.17, 15) is 18.0 Å².